The van der Waals surface area contributed by atoms with Gasteiger partial charge in [0, 0.05) is 18.1 Å². The van der Waals surface area contributed by atoms with Crippen LogP contribution < -0.4 is 0 Å². The van der Waals surface area contributed by atoms with Gasteiger partial charge in [-0.3, -0.25) is 0 Å². The largest absolute Gasteiger partial charge is 0.324 e. The second kappa shape index (κ2) is 4.47. The third-order valence-corrected chi connectivity index (χ3v) is 2.03. The Hall–Kier alpha value is -1.76. The second-order valence-electron chi connectivity index (χ2n) is 2.89. The van der Waals surface area contributed by atoms with Gasteiger partial charge >= 0.3 is 0 Å². The minimum absolute atomic E-state index is 0. The van der Waals surface area contributed by atoms with Gasteiger partial charge in [-0.15, -0.1) is 0 Å². The van der Waals surface area contributed by atoms with E-state index in [1.165, 1.54) is 5.69 Å². The zero-order chi connectivity index (χ0) is 9.10. The predicted octanol–water partition coefficient (Wildman–Crippen LogP) is 3.76. The Morgan fingerprint density at radius 3 is 2.07 bits per heavy atom. The van der Waals surface area contributed by atoms with E-state index in [0.29, 0.717) is 0 Å². The molecule has 72 valence electrons. The van der Waals surface area contributed by atoms with E-state index >= 15 is 0 Å². The maximum atomic E-state index is 3.72. The van der Waals surface area contributed by atoms with Crippen LogP contribution >= 0.6 is 0 Å². The average molecular weight is 185 g/mol. The van der Waals surface area contributed by atoms with Crippen molar-refractivity contribution in [1.82, 2.24) is 4.57 Å². The van der Waals surface area contributed by atoms with E-state index in [1.807, 2.05) is 30.6 Å². The molecular weight excluding hydrogens is 170 g/mol. The molecule has 0 aliphatic heterocycles. The molecule has 1 heteroatoms. The molecule has 14 heavy (non-hydrogen) atoms. The van der Waals surface area contributed by atoms with Gasteiger partial charge in [-0.2, -0.15) is 0 Å². The lowest BCUT2D eigenvalue weighted by Gasteiger charge is -2.02. The van der Waals surface area contributed by atoms with Gasteiger partial charge in [-0.1, -0.05) is 32.2 Å². The number of aromatic nitrogens is 1. The van der Waals surface area contributed by atoms with Crippen molar-refractivity contribution in [1.29, 1.82) is 0 Å². The van der Waals surface area contributed by atoms with Crippen LogP contribution in [0.4, 0.5) is 0 Å². The molecule has 0 unspecified atom stereocenters. The Kier molecular flexibility index (Phi) is 3.29. The first kappa shape index (κ1) is 10.3. The van der Waals surface area contributed by atoms with Crippen LogP contribution in [-0.2, 0) is 0 Å². The number of hydrogen-bond donors (Lipinski definition) is 0. The summed E-state index contributed by atoms with van der Waals surface area (Å²) in [5.74, 6) is 0. The highest BCUT2D eigenvalue weighted by molar-refractivity contribution is 5.49. The summed E-state index contributed by atoms with van der Waals surface area (Å²) >= 11 is 0. The van der Waals surface area contributed by atoms with E-state index in [-0.39, 0.29) is 7.43 Å². The third kappa shape index (κ3) is 1.94. The smallest absolute Gasteiger partial charge is 0.0449 e. The second-order valence-corrected chi connectivity index (χ2v) is 2.89. The van der Waals surface area contributed by atoms with Crippen LogP contribution in [0.5, 0.6) is 0 Å². The van der Waals surface area contributed by atoms with Crippen LogP contribution in [0.3, 0.4) is 0 Å². The average Bonchev–Trinajstić information content (AvgIpc) is 2.71. The summed E-state index contributed by atoms with van der Waals surface area (Å²) < 4.78 is 2.08. The molecule has 2 aromatic rings. The van der Waals surface area contributed by atoms with E-state index in [4.69, 9.17) is 0 Å². The Balaban J connectivity index is 0.000000980. The molecule has 0 bridgehead atoms. The van der Waals surface area contributed by atoms with E-state index in [9.17, 15) is 0 Å². The third-order valence-electron chi connectivity index (χ3n) is 2.03. The van der Waals surface area contributed by atoms with E-state index in [2.05, 4.69) is 35.4 Å². The van der Waals surface area contributed by atoms with Crippen molar-refractivity contribution in [3.63, 3.8) is 0 Å². The summed E-state index contributed by atoms with van der Waals surface area (Å²) in [5, 5.41) is 0. The monoisotopic (exact) mass is 185 g/mol. The van der Waals surface area contributed by atoms with Crippen LogP contribution in [0.25, 0.3) is 11.8 Å². The van der Waals surface area contributed by atoms with Gasteiger partial charge in [0.05, 0.1) is 0 Å². The first-order chi connectivity index (χ1) is 6.40. The number of rotatable bonds is 2. The molecule has 1 heterocycles. The van der Waals surface area contributed by atoms with Crippen LogP contribution in [-0.4, -0.2) is 4.57 Å². The lowest BCUT2D eigenvalue weighted by atomic mass is 10.2. The Labute approximate surface area is 85.3 Å². The summed E-state index contributed by atoms with van der Waals surface area (Å²) in [7, 11) is 0. The van der Waals surface area contributed by atoms with Crippen LogP contribution in [0.2, 0.25) is 0 Å². The Morgan fingerprint density at radius 2 is 1.57 bits per heavy atom. The summed E-state index contributed by atoms with van der Waals surface area (Å²) in [5.41, 5.74) is 2.33. The maximum Gasteiger partial charge on any atom is 0.0449 e. The van der Waals surface area contributed by atoms with E-state index < -0.39 is 0 Å². The summed E-state index contributed by atoms with van der Waals surface area (Å²) in [6.45, 7) is 3.72. The first-order valence-corrected chi connectivity index (χ1v) is 4.26. The summed E-state index contributed by atoms with van der Waals surface area (Å²) in [6, 6.07) is 12.3. The topological polar surface area (TPSA) is 4.93 Å². The molecule has 0 atom stereocenters. The predicted molar refractivity (Wildman–Crippen MR) is 62.6 cm³/mol. The lowest BCUT2D eigenvalue weighted by Crippen LogP contribution is -1.88. The molecule has 0 N–H and O–H groups in total. The zero-order valence-corrected chi connectivity index (χ0v) is 7.35. The molecular formula is C13H15N. The highest BCUT2D eigenvalue weighted by Gasteiger charge is 1.92. The van der Waals surface area contributed by atoms with Crippen molar-refractivity contribution in [2.24, 2.45) is 0 Å². The normalized spacial score (nSPS) is 9.14. The Morgan fingerprint density at radius 1 is 1.00 bits per heavy atom. The molecule has 0 fully saturated rings. The highest BCUT2D eigenvalue weighted by Crippen LogP contribution is 2.10. The van der Waals surface area contributed by atoms with Gasteiger partial charge < -0.3 is 4.57 Å². The Bertz CT molecular complexity index is 382. The van der Waals surface area contributed by atoms with Crippen molar-refractivity contribution in [3.05, 3.63) is 60.9 Å². The van der Waals surface area contributed by atoms with Crippen LogP contribution in [0.1, 0.15) is 13.0 Å². The van der Waals surface area contributed by atoms with Gasteiger partial charge in [-0.25, -0.2) is 0 Å². The van der Waals surface area contributed by atoms with Gasteiger partial charge in [0.2, 0.25) is 0 Å². The molecule has 1 aromatic heterocycles. The van der Waals surface area contributed by atoms with Crippen LogP contribution in [0.15, 0.2) is 55.4 Å². The quantitative estimate of drug-likeness (QED) is 0.671. The van der Waals surface area contributed by atoms with Gasteiger partial charge in [0.15, 0.2) is 0 Å². The molecule has 0 saturated carbocycles. The van der Waals surface area contributed by atoms with Crippen molar-refractivity contribution in [3.8, 4) is 5.69 Å². The molecule has 0 aliphatic rings. The SMILES string of the molecule is C.C=Cc1ccc(-n2cccc2)cc1. The summed E-state index contributed by atoms with van der Waals surface area (Å²) in [6.07, 6.45) is 5.91. The molecule has 1 aromatic carbocycles. The molecule has 0 amide bonds. The van der Waals surface area contributed by atoms with Crippen molar-refractivity contribution < 1.29 is 0 Å². The fourth-order valence-electron chi connectivity index (χ4n) is 1.29. The maximum absolute atomic E-state index is 3.72. The molecule has 0 aliphatic carbocycles. The molecule has 2 rings (SSSR count). The van der Waals surface area contributed by atoms with Gasteiger partial charge in [0.1, 0.15) is 0 Å². The van der Waals surface area contributed by atoms with Crippen molar-refractivity contribution in [2.75, 3.05) is 0 Å². The first-order valence-electron chi connectivity index (χ1n) is 4.26. The fourth-order valence-corrected chi connectivity index (χ4v) is 1.29. The van der Waals surface area contributed by atoms with E-state index in [1.54, 1.807) is 0 Å². The number of hydrogen-bond acceptors (Lipinski definition) is 0. The van der Waals surface area contributed by atoms with Gasteiger partial charge in [0.25, 0.3) is 0 Å². The van der Waals surface area contributed by atoms with Gasteiger partial charge in [-0.05, 0) is 29.8 Å². The highest BCUT2D eigenvalue weighted by atomic mass is 14.9. The standard InChI is InChI=1S/C12H11N.CH4/c1-2-11-5-7-12(8-6-11)13-9-3-4-10-13;/h2-10H,1H2;1H4. The lowest BCUT2D eigenvalue weighted by molar-refractivity contribution is 1.08. The van der Waals surface area contributed by atoms with Crippen LogP contribution in [0, 0.1) is 0 Å². The minimum Gasteiger partial charge on any atom is -0.324 e. The number of nitrogens with zero attached hydrogens (tertiary/aromatic N) is 1. The number of benzene rings is 1. The van der Waals surface area contributed by atoms with E-state index in [0.717, 1.165) is 5.56 Å². The molecule has 0 saturated heterocycles. The fraction of sp³-hybridized carbons (Fsp3) is 0.0769. The minimum atomic E-state index is 0. The summed E-state index contributed by atoms with van der Waals surface area (Å²) in [4.78, 5) is 0. The zero-order valence-electron chi connectivity index (χ0n) is 7.35. The molecule has 1 nitrogen and oxygen atoms in total. The van der Waals surface area contributed by atoms with Crippen molar-refractivity contribution in [2.45, 2.75) is 7.43 Å². The molecule has 0 radical (unpaired) electrons. The molecule has 0 spiro atoms. The van der Waals surface area contributed by atoms with Crippen molar-refractivity contribution >= 4 is 6.08 Å².